The van der Waals surface area contributed by atoms with Crippen LogP contribution in [0.15, 0.2) is 87.8 Å². The Labute approximate surface area is 265 Å². The second-order valence-electron chi connectivity index (χ2n) is 11.5. The lowest BCUT2D eigenvalue weighted by molar-refractivity contribution is -0.136. The summed E-state index contributed by atoms with van der Waals surface area (Å²) >= 11 is 7.90. The van der Waals surface area contributed by atoms with Gasteiger partial charge in [0, 0.05) is 28.2 Å². The van der Waals surface area contributed by atoms with Gasteiger partial charge in [0.1, 0.15) is 0 Å². The van der Waals surface area contributed by atoms with Gasteiger partial charge in [0.25, 0.3) is 5.56 Å². The molecular weight excluding hydrogens is 590 g/mol. The van der Waals surface area contributed by atoms with Crippen LogP contribution in [-0.4, -0.2) is 22.2 Å². The van der Waals surface area contributed by atoms with Gasteiger partial charge in [0.2, 0.25) is 0 Å². The van der Waals surface area contributed by atoms with Crippen molar-refractivity contribution in [2.75, 3.05) is 7.11 Å². The number of ether oxygens (including phenoxy) is 1. The number of aromatic nitrogens is 2. The van der Waals surface area contributed by atoms with Crippen molar-refractivity contribution in [3.63, 3.8) is 0 Å². The Bertz CT molecular complexity index is 2150. The summed E-state index contributed by atoms with van der Waals surface area (Å²) in [5, 5.41) is 1.78. The lowest BCUT2D eigenvalue weighted by Crippen LogP contribution is -2.39. The molecule has 6 rings (SSSR count). The fourth-order valence-electron chi connectivity index (χ4n) is 6.12. The number of allylic oxidation sites excluding steroid dienone is 1. The van der Waals surface area contributed by atoms with Crippen LogP contribution in [0.5, 0.6) is 0 Å². The number of rotatable bonds is 6. The number of para-hydroxylation sites is 1. The van der Waals surface area contributed by atoms with Gasteiger partial charge in [-0.15, -0.1) is 0 Å². The van der Waals surface area contributed by atoms with Crippen molar-refractivity contribution in [3.05, 3.63) is 136 Å². The highest BCUT2D eigenvalue weighted by Gasteiger charge is 2.33. The molecule has 224 valence electrons. The number of carbonyl (C=O) groups excluding carboxylic acids is 1. The molecule has 3 heterocycles. The molecule has 0 saturated carbocycles. The van der Waals surface area contributed by atoms with Gasteiger partial charge in [0.15, 0.2) is 4.80 Å². The maximum absolute atomic E-state index is 14.3. The molecule has 5 aromatic rings. The highest BCUT2D eigenvalue weighted by Crippen LogP contribution is 2.33. The Kier molecular flexibility index (Phi) is 7.95. The van der Waals surface area contributed by atoms with Crippen LogP contribution in [0.2, 0.25) is 5.02 Å². The molecule has 1 aliphatic heterocycles. The van der Waals surface area contributed by atoms with Crippen molar-refractivity contribution in [2.45, 2.75) is 53.1 Å². The minimum Gasteiger partial charge on any atom is -0.466 e. The standard InChI is InChI=1S/C36H34ClN3O3S/c1-20(2)24-14-16-25(17-15-24)33-31(35(42)43-6)22(4)38-36-40(33)34(41)30(44-36)18-28-23(5)39(19-26-11-7-8-13-29(26)37)32-21(3)10-9-12-27(28)32/h7-18,20,33H,19H2,1-6H3/b30-18-/t33-/m1/s1. The molecule has 0 unspecified atom stereocenters. The van der Waals surface area contributed by atoms with E-state index in [9.17, 15) is 9.59 Å². The van der Waals surface area contributed by atoms with Gasteiger partial charge in [0.05, 0.1) is 34.5 Å². The average molecular weight is 624 g/mol. The quantitative estimate of drug-likeness (QED) is 0.195. The molecule has 6 nitrogen and oxygen atoms in total. The second-order valence-corrected chi connectivity index (χ2v) is 13.0. The van der Waals surface area contributed by atoms with E-state index in [2.05, 4.69) is 56.5 Å². The fourth-order valence-corrected chi connectivity index (χ4v) is 7.35. The van der Waals surface area contributed by atoms with Crippen LogP contribution in [0.3, 0.4) is 0 Å². The van der Waals surface area contributed by atoms with E-state index in [0.29, 0.717) is 33.1 Å². The zero-order chi connectivity index (χ0) is 31.3. The molecule has 3 aromatic carbocycles. The maximum Gasteiger partial charge on any atom is 0.338 e. The molecule has 0 fully saturated rings. The lowest BCUT2D eigenvalue weighted by atomic mass is 9.93. The third kappa shape index (κ3) is 5.04. The first-order chi connectivity index (χ1) is 21.1. The third-order valence-corrected chi connectivity index (χ3v) is 9.85. The molecule has 0 N–H and O–H groups in total. The zero-order valence-electron chi connectivity index (χ0n) is 25.6. The summed E-state index contributed by atoms with van der Waals surface area (Å²) in [5.74, 6) is -0.136. The molecule has 0 amide bonds. The van der Waals surface area contributed by atoms with Crippen LogP contribution in [-0.2, 0) is 16.1 Å². The molecule has 0 radical (unpaired) electrons. The number of carbonyl (C=O) groups is 1. The first-order valence-corrected chi connectivity index (χ1v) is 15.8. The fraction of sp³-hybridized carbons (Fsp3) is 0.250. The Morgan fingerprint density at radius 1 is 1.05 bits per heavy atom. The van der Waals surface area contributed by atoms with Gasteiger partial charge in [-0.3, -0.25) is 9.36 Å². The third-order valence-electron chi connectivity index (χ3n) is 8.50. The van der Waals surface area contributed by atoms with E-state index in [0.717, 1.165) is 43.9 Å². The van der Waals surface area contributed by atoms with E-state index < -0.39 is 12.0 Å². The molecule has 0 aliphatic carbocycles. The van der Waals surface area contributed by atoms with Crippen LogP contribution in [0.1, 0.15) is 66.2 Å². The molecule has 0 saturated heterocycles. The smallest absolute Gasteiger partial charge is 0.338 e. The Morgan fingerprint density at radius 3 is 2.45 bits per heavy atom. The first kappa shape index (κ1) is 29.9. The number of thiazole rings is 1. The largest absolute Gasteiger partial charge is 0.466 e. The average Bonchev–Trinajstić information content (AvgIpc) is 3.46. The van der Waals surface area contributed by atoms with Crippen LogP contribution in [0.25, 0.3) is 17.0 Å². The molecule has 0 spiro atoms. The van der Waals surface area contributed by atoms with Crippen LogP contribution < -0.4 is 14.9 Å². The van der Waals surface area contributed by atoms with E-state index in [1.165, 1.54) is 24.0 Å². The first-order valence-electron chi connectivity index (χ1n) is 14.6. The van der Waals surface area contributed by atoms with E-state index in [1.54, 1.807) is 11.5 Å². The Balaban J connectivity index is 1.57. The van der Waals surface area contributed by atoms with Crippen LogP contribution in [0, 0.1) is 13.8 Å². The van der Waals surface area contributed by atoms with Gasteiger partial charge in [-0.1, -0.05) is 97.4 Å². The van der Waals surface area contributed by atoms with Gasteiger partial charge in [-0.25, -0.2) is 9.79 Å². The molecule has 1 atom stereocenters. The number of aryl methyl sites for hydroxylation is 1. The van der Waals surface area contributed by atoms with E-state index in [4.69, 9.17) is 21.3 Å². The number of hydrogen-bond donors (Lipinski definition) is 0. The summed E-state index contributed by atoms with van der Waals surface area (Å²) in [4.78, 5) is 32.6. The van der Waals surface area contributed by atoms with Gasteiger partial charge in [-0.05, 0) is 61.1 Å². The minimum atomic E-state index is -0.646. The van der Waals surface area contributed by atoms with E-state index in [-0.39, 0.29) is 5.56 Å². The lowest BCUT2D eigenvalue weighted by Gasteiger charge is -2.24. The number of methoxy groups -OCH3 is 1. The van der Waals surface area contributed by atoms with Gasteiger partial charge < -0.3 is 9.30 Å². The SMILES string of the molecule is COC(=O)C1=C(C)N=c2s/c(=C\c3c(C)n(Cc4ccccc4Cl)c4c(C)cccc34)c(=O)n2[C@@H]1c1ccc(C(C)C)cc1. The number of benzene rings is 3. The Hall–Kier alpha value is -4.20. The van der Waals surface area contributed by atoms with Crippen molar-refractivity contribution in [3.8, 4) is 0 Å². The number of nitrogens with zero attached hydrogens (tertiary/aromatic N) is 3. The predicted octanol–water partition coefficient (Wildman–Crippen LogP) is 6.80. The topological polar surface area (TPSA) is 65.6 Å². The monoisotopic (exact) mass is 623 g/mol. The van der Waals surface area contributed by atoms with Crippen molar-refractivity contribution in [1.82, 2.24) is 9.13 Å². The van der Waals surface area contributed by atoms with E-state index >= 15 is 0 Å². The number of hydrogen-bond acceptors (Lipinski definition) is 5. The van der Waals surface area contributed by atoms with Crippen LogP contribution in [0.4, 0.5) is 0 Å². The predicted molar refractivity (Wildman–Crippen MR) is 178 cm³/mol. The number of fused-ring (bicyclic) bond motifs is 2. The van der Waals surface area contributed by atoms with Crippen molar-refractivity contribution in [1.29, 1.82) is 0 Å². The summed E-state index contributed by atoms with van der Waals surface area (Å²) in [6.07, 6.45) is 1.97. The van der Waals surface area contributed by atoms with Gasteiger partial charge >= 0.3 is 5.97 Å². The minimum absolute atomic E-state index is 0.195. The Morgan fingerprint density at radius 2 is 1.77 bits per heavy atom. The highest BCUT2D eigenvalue weighted by atomic mass is 35.5. The molecule has 0 bridgehead atoms. The molecule has 2 aromatic heterocycles. The van der Waals surface area contributed by atoms with Gasteiger partial charge in [-0.2, -0.15) is 0 Å². The van der Waals surface area contributed by atoms with Crippen molar-refractivity contribution >= 4 is 45.9 Å². The van der Waals surface area contributed by atoms with Crippen molar-refractivity contribution < 1.29 is 9.53 Å². The number of esters is 1. The maximum atomic E-state index is 14.3. The highest BCUT2D eigenvalue weighted by molar-refractivity contribution is 7.07. The summed E-state index contributed by atoms with van der Waals surface area (Å²) in [5.41, 5.74) is 8.02. The second kappa shape index (κ2) is 11.7. The van der Waals surface area contributed by atoms with Crippen molar-refractivity contribution in [2.24, 2.45) is 4.99 Å². The number of halogens is 1. The molecule has 8 heteroatoms. The normalized spacial score (nSPS) is 15.2. The summed E-state index contributed by atoms with van der Waals surface area (Å²) in [7, 11) is 1.36. The zero-order valence-corrected chi connectivity index (χ0v) is 27.2. The summed E-state index contributed by atoms with van der Waals surface area (Å²) < 4.78 is 9.64. The molecule has 1 aliphatic rings. The molecular formula is C36H34ClN3O3S. The summed E-state index contributed by atoms with van der Waals surface area (Å²) in [6.45, 7) is 10.9. The molecule has 44 heavy (non-hydrogen) atoms. The van der Waals surface area contributed by atoms with Crippen LogP contribution >= 0.6 is 22.9 Å². The van der Waals surface area contributed by atoms with E-state index in [1.807, 2.05) is 48.5 Å². The summed E-state index contributed by atoms with van der Waals surface area (Å²) in [6, 6.07) is 21.6.